The average molecular weight is 247 g/mol. The largest absolute Gasteiger partial charge is 0.497 e. The molecule has 0 atom stereocenters. The van der Waals surface area contributed by atoms with Crippen molar-refractivity contribution in [1.29, 1.82) is 0 Å². The van der Waals surface area contributed by atoms with E-state index in [0.717, 1.165) is 22.2 Å². The van der Waals surface area contributed by atoms with Crippen LogP contribution in [-0.2, 0) is 5.60 Å². The second-order valence-corrected chi connectivity index (χ2v) is 5.49. The summed E-state index contributed by atoms with van der Waals surface area (Å²) in [5.41, 5.74) is 1.21. The molecule has 0 saturated carbocycles. The van der Waals surface area contributed by atoms with E-state index in [9.17, 15) is 5.11 Å². The summed E-state index contributed by atoms with van der Waals surface area (Å²) in [6.07, 6.45) is 2.04. The van der Waals surface area contributed by atoms with Gasteiger partial charge in [-0.2, -0.15) is 0 Å². The molecule has 0 amide bonds. The highest BCUT2D eigenvalue weighted by atomic mass is 16.5. The lowest BCUT2D eigenvalue weighted by Gasteiger charge is -2.16. The number of hydrogen-bond donors (Lipinski definition) is 1. The fraction of sp³-hybridized carbons (Fsp3) is 0.467. The van der Waals surface area contributed by atoms with E-state index >= 15 is 0 Å². The first-order chi connectivity index (χ1) is 8.34. The molecule has 0 bridgehead atoms. The molecular weight excluding hydrogens is 226 g/mol. The zero-order chi connectivity index (χ0) is 13.5. The third-order valence-corrected chi connectivity index (χ3v) is 3.26. The van der Waals surface area contributed by atoms with Gasteiger partial charge in [0.2, 0.25) is 0 Å². The van der Waals surface area contributed by atoms with Crippen molar-refractivity contribution in [2.75, 3.05) is 7.11 Å². The number of hydrogen-bond acceptors (Lipinski definition) is 2. The van der Waals surface area contributed by atoms with Gasteiger partial charge in [-0.15, -0.1) is 0 Å². The van der Waals surface area contributed by atoms with Crippen molar-refractivity contribution >= 4 is 10.9 Å². The number of nitrogens with zero attached hydrogens (tertiary/aromatic N) is 1. The predicted molar refractivity (Wildman–Crippen MR) is 74.1 cm³/mol. The summed E-state index contributed by atoms with van der Waals surface area (Å²) in [7, 11) is 1.67. The van der Waals surface area contributed by atoms with E-state index in [1.54, 1.807) is 7.11 Å². The van der Waals surface area contributed by atoms with Crippen LogP contribution in [0, 0.1) is 0 Å². The highest BCUT2D eigenvalue weighted by molar-refractivity contribution is 5.86. The smallest absolute Gasteiger partial charge is 0.120 e. The number of aromatic nitrogens is 1. The van der Waals surface area contributed by atoms with Crippen LogP contribution in [0.2, 0.25) is 0 Å². The van der Waals surface area contributed by atoms with Gasteiger partial charge in [0.1, 0.15) is 5.75 Å². The van der Waals surface area contributed by atoms with Crippen LogP contribution in [0.25, 0.3) is 10.9 Å². The van der Waals surface area contributed by atoms with Crippen LogP contribution in [0.4, 0.5) is 0 Å². The Morgan fingerprint density at radius 2 is 1.94 bits per heavy atom. The molecule has 0 aliphatic rings. The number of methoxy groups -OCH3 is 1. The SMILES string of the molecule is COc1ccc2c(C(C)(C)O)cn(C(C)C)c2c1. The Kier molecular flexibility index (Phi) is 3.11. The third-order valence-electron chi connectivity index (χ3n) is 3.26. The highest BCUT2D eigenvalue weighted by Gasteiger charge is 2.23. The van der Waals surface area contributed by atoms with Gasteiger partial charge < -0.3 is 14.4 Å². The van der Waals surface area contributed by atoms with Gasteiger partial charge in [-0.1, -0.05) is 0 Å². The van der Waals surface area contributed by atoms with Crippen molar-refractivity contribution < 1.29 is 9.84 Å². The molecule has 3 nitrogen and oxygen atoms in total. The molecule has 2 aromatic rings. The number of benzene rings is 1. The van der Waals surface area contributed by atoms with Crippen LogP contribution >= 0.6 is 0 Å². The van der Waals surface area contributed by atoms with Crippen molar-refractivity contribution in [2.45, 2.75) is 39.3 Å². The quantitative estimate of drug-likeness (QED) is 0.901. The Hall–Kier alpha value is -1.48. The van der Waals surface area contributed by atoms with Gasteiger partial charge in [0, 0.05) is 29.3 Å². The second kappa shape index (κ2) is 4.32. The Balaban J connectivity index is 2.76. The van der Waals surface area contributed by atoms with Crippen LogP contribution in [0.3, 0.4) is 0 Å². The van der Waals surface area contributed by atoms with Crippen LogP contribution in [-0.4, -0.2) is 16.8 Å². The zero-order valence-corrected chi connectivity index (χ0v) is 11.7. The van der Waals surface area contributed by atoms with E-state index in [2.05, 4.69) is 18.4 Å². The number of aliphatic hydroxyl groups is 1. The fourth-order valence-electron chi connectivity index (χ4n) is 2.27. The molecular formula is C15H21NO2. The minimum Gasteiger partial charge on any atom is -0.497 e. The normalized spacial score (nSPS) is 12.4. The van der Waals surface area contributed by atoms with Gasteiger partial charge in [0.05, 0.1) is 18.2 Å². The lowest BCUT2D eigenvalue weighted by molar-refractivity contribution is 0.0799. The Labute approximate surface area is 108 Å². The van der Waals surface area contributed by atoms with E-state index in [0.29, 0.717) is 6.04 Å². The van der Waals surface area contributed by atoms with Gasteiger partial charge in [-0.05, 0) is 39.8 Å². The van der Waals surface area contributed by atoms with Crippen LogP contribution in [0.5, 0.6) is 5.75 Å². The lowest BCUT2D eigenvalue weighted by Crippen LogP contribution is -2.14. The maximum absolute atomic E-state index is 10.3. The molecule has 1 aromatic carbocycles. The van der Waals surface area contributed by atoms with Gasteiger partial charge in [0.15, 0.2) is 0 Å². The molecule has 0 spiro atoms. The highest BCUT2D eigenvalue weighted by Crippen LogP contribution is 2.33. The molecule has 98 valence electrons. The lowest BCUT2D eigenvalue weighted by atomic mass is 9.98. The maximum atomic E-state index is 10.3. The number of fused-ring (bicyclic) bond motifs is 1. The molecule has 0 aliphatic heterocycles. The fourth-order valence-corrected chi connectivity index (χ4v) is 2.27. The molecule has 18 heavy (non-hydrogen) atoms. The molecule has 2 rings (SSSR count). The van der Waals surface area contributed by atoms with Crippen molar-refractivity contribution in [1.82, 2.24) is 4.57 Å². The first-order valence-corrected chi connectivity index (χ1v) is 6.26. The molecule has 0 unspecified atom stereocenters. The van der Waals surface area contributed by atoms with Gasteiger partial charge in [-0.25, -0.2) is 0 Å². The molecule has 3 heteroatoms. The van der Waals surface area contributed by atoms with Crippen LogP contribution < -0.4 is 4.74 Å². The van der Waals surface area contributed by atoms with Gasteiger partial charge in [0.25, 0.3) is 0 Å². The molecule has 0 saturated heterocycles. The van der Waals surface area contributed by atoms with E-state index in [4.69, 9.17) is 4.74 Å². The van der Waals surface area contributed by atoms with Gasteiger partial charge >= 0.3 is 0 Å². The van der Waals surface area contributed by atoms with E-state index in [1.807, 2.05) is 38.2 Å². The molecule has 1 aromatic heterocycles. The number of rotatable bonds is 3. The minimum absolute atomic E-state index is 0.343. The topological polar surface area (TPSA) is 34.4 Å². The Bertz CT molecular complexity index is 562. The second-order valence-electron chi connectivity index (χ2n) is 5.49. The summed E-state index contributed by atoms with van der Waals surface area (Å²) in [6, 6.07) is 6.31. The van der Waals surface area contributed by atoms with Crippen LogP contribution in [0.15, 0.2) is 24.4 Å². The summed E-state index contributed by atoms with van der Waals surface area (Å²) in [4.78, 5) is 0. The third kappa shape index (κ3) is 2.10. The van der Waals surface area contributed by atoms with Crippen LogP contribution in [0.1, 0.15) is 39.3 Å². The predicted octanol–water partition coefficient (Wildman–Crippen LogP) is 3.46. The summed E-state index contributed by atoms with van der Waals surface area (Å²) in [6.45, 7) is 7.90. The molecule has 0 radical (unpaired) electrons. The monoisotopic (exact) mass is 247 g/mol. The molecule has 0 fully saturated rings. The van der Waals surface area contributed by atoms with Crippen molar-refractivity contribution in [3.8, 4) is 5.75 Å². The van der Waals surface area contributed by atoms with E-state index < -0.39 is 5.60 Å². The zero-order valence-electron chi connectivity index (χ0n) is 11.7. The molecule has 1 N–H and O–H groups in total. The number of ether oxygens (including phenoxy) is 1. The van der Waals surface area contributed by atoms with Gasteiger partial charge in [-0.3, -0.25) is 0 Å². The maximum Gasteiger partial charge on any atom is 0.120 e. The summed E-state index contributed by atoms with van der Waals surface area (Å²) < 4.78 is 7.45. The van der Waals surface area contributed by atoms with E-state index in [-0.39, 0.29) is 0 Å². The molecule has 1 heterocycles. The van der Waals surface area contributed by atoms with Crippen molar-refractivity contribution in [2.24, 2.45) is 0 Å². The first kappa shape index (κ1) is 13.0. The minimum atomic E-state index is -0.840. The average Bonchev–Trinajstić information content (AvgIpc) is 2.66. The summed E-state index contributed by atoms with van der Waals surface area (Å²) >= 11 is 0. The molecule has 0 aliphatic carbocycles. The Morgan fingerprint density at radius 1 is 1.28 bits per heavy atom. The summed E-state index contributed by atoms with van der Waals surface area (Å²) in [5.74, 6) is 0.838. The van der Waals surface area contributed by atoms with Crippen molar-refractivity contribution in [3.05, 3.63) is 30.0 Å². The standard InChI is InChI=1S/C15H21NO2/c1-10(2)16-9-13(15(3,4)17)12-7-6-11(18-5)8-14(12)16/h6-10,17H,1-5H3. The Morgan fingerprint density at radius 3 is 2.44 bits per heavy atom. The first-order valence-electron chi connectivity index (χ1n) is 6.26. The van der Waals surface area contributed by atoms with E-state index in [1.165, 1.54) is 0 Å². The van der Waals surface area contributed by atoms with Crippen molar-refractivity contribution in [3.63, 3.8) is 0 Å². The summed E-state index contributed by atoms with van der Waals surface area (Å²) in [5, 5.41) is 11.3.